The van der Waals surface area contributed by atoms with Gasteiger partial charge in [0.25, 0.3) is 0 Å². The molecular formula is C9H15NO3. The van der Waals surface area contributed by atoms with Gasteiger partial charge in [-0.15, -0.1) is 0 Å². The standard InChI is InChI=1S/C9H15NO3/c10-6-9(13-4-1-3-11)8-2-5-12-7-8/h8-9,11H,1-5,7H2. The smallest absolute Gasteiger partial charge is 0.149 e. The van der Waals surface area contributed by atoms with E-state index in [0.717, 1.165) is 13.0 Å². The minimum atomic E-state index is -0.367. The number of rotatable bonds is 5. The van der Waals surface area contributed by atoms with Crippen LogP contribution in [0.25, 0.3) is 0 Å². The molecule has 1 N–H and O–H groups in total. The van der Waals surface area contributed by atoms with Gasteiger partial charge in [0.1, 0.15) is 6.10 Å². The molecule has 0 radical (unpaired) electrons. The average molecular weight is 185 g/mol. The fraction of sp³-hybridized carbons (Fsp3) is 0.889. The molecule has 0 amide bonds. The van der Waals surface area contributed by atoms with Crippen LogP contribution in [0, 0.1) is 17.2 Å². The molecule has 0 aromatic heterocycles. The van der Waals surface area contributed by atoms with E-state index in [1.54, 1.807) is 0 Å². The predicted molar refractivity (Wildman–Crippen MR) is 46.0 cm³/mol. The average Bonchev–Trinajstić information content (AvgIpc) is 2.65. The zero-order valence-corrected chi connectivity index (χ0v) is 7.61. The Hall–Kier alpha value is -0.630. The number of nitriles is 1. The Morgan fingerprint density at radius 3 is 3.08 bits per heavy atom. The maximum Gasteiger partial charge on any atom is 0.149 e. The maximum atomic E-state index is 8.79. The Morgan fingerprint density at radius 2 is 2.54 bits per heavy atom. The Balaban J connectivity index is 2.22. The molecule has 0 aromatic carbocycles. The Morgan fingerprint density at radius 1 is 1.69 bits per heavy atom. The lowest BCUT2D eigenvalue weighted by molar-refractivity contribution is 0.0367. The second-order valence-corrected chi connectivity index (χ2v) is 3.12. The van der Waals surface area contributed by atoms with Gasteiger partial charge in [0.05, 0.1) is 19.3 Å². The highest BCUT2D eigenvalue weighted by Crippen LogP contribution is 2.18. The first-order valence-electron chi connectivity index (χ1n) is 4.58. The van der Waals surface area contributed by atoms with Crippen molar-refractivity contribution >= 4 is 0 Å². The summed E-state index contributed by atoms with van der Waals surface area (Å²) >= 11 is 0. The molecule has 1 heterocycles. The SMILES string of the molecule is N#CC(OCCCO)C1CCOC1. The van der Waals surface area contributed by atoms with Gasteiger partial charge < -0.3 is 14.6 Å². The van der Waals surface area contributed by atoms with E-state index < -0.39 is 0 Å². The number of nitrogens with zero attached hydrogens (tertiary/aromatic N) is 1. The third-order valence-electron chi connectivity index (χ3n) is 2.12. The lowest BCUT2D eigenvalue weighted by atomic mass is 10.0. The van der Waals surface area contributed by atoms with Gasteiger partial charge in [-0.05, 0) is 12.8 Å². The Kier molecular flexibility index (Phi) is 4.76. The first-order valence-corrected chi connectivity index (χ1v) is 4.58. The van der Waals surface area contributed by atoms with E-state index in [1.807, 2.05) is 0 Å². The Bertz CT molecular complexity index is 172. The largest absolute Gasteiger partial charge is 0.396 e. The minimum Gasteiger partial charge on any atom is -0.396 e. The summed E-state index contributed by atoms with van der Waals surface area (Å²) in [4.78, 5) is 0. The van der Waals surface area contributed by atoms with Gasteiger partial charge in [-0.3, -0.25) is 0 Å². The molecule has 0 aromatic rings. The van der Waals surface area contributed by atoms with Gasteiger partial charge in [-0.1, -0.05) is 0 Å². The molecule has 1 aliphatic rings. The number of hydrogen-bond acceptors (Lipinski definition) is 4. The highest BCUT2D eigenvalue weighted by atomic mass is 16.5. The summed E-state index contributed by atoms with van der Waals surface area (Å²) in [5.74, 6) is 0.212. The minimum absolute atomic E-state index is 0.110. The molecule has 1 fully saturated rings. The van der Waals surface area contributed by atoms with Gasteiger partial charge in [-0.25, -0.2) is 0 Å². The highest BCUT2D eigenvalue weighted by molar-refractivity contribution is 4.91. The molecule has 2 unspecified atom stereocenters. The van der Waals surface area contributed by atoms with E-state index in [0.29, 0.717) is 19.6 Å². The number of aliphatic hydroxyl groups excluding tert-OH is 1. The van der Waals surface area contributed by atoms with E-state index >= 15 is 0 Å². The summed E-state index contributed by atoms with van der Waals surface area (Å²) in [7, 11) is 0. The zero-order chi connectivity index (χ0) is 9.52. The van der Waals surface area contributed by atoms with Crippen LogP contribution in [0.4, 0.5) is 0 Å². The summed E-state index contributed by atoms with van der Waals surface area (Å²) in [6.07, 6.45) is 1.12. The molecule has 0 aliphatic carbocycles. The summed E-state index contributed by atoms with van der Waals surface area (Å²) in [5.41, 5.74) is 0. The predicted octanol–water partition coefficient (Wildman–Crippen LogP) is 0.314. The van der Waals surface area contributed by atoms with Crippen molar-refractivity contribution in [2.45, 2.75) is 18.9 Å². The number of ether oxygens (including phenoxy) is 2. The van der Waals surface area contributed by atoms with Crippen LogP contribution in [-0.4, -0.2) is 37.6 Å². The lowest BCUT2D eigenvalue weighted by Crippen LogP contribution is -2.23. The summed E-state index contributed by atoms with van der Waals surface area (Å²) < 4.78 is 10.5. The maximum absolute atomic E-state index is 8.79. The summed E-state index contributed by atoms with van der Waals surface area (Å²) in [5, 5.41) is 17.3. The highest BCUT2D eigenvalue weighted by Gasteiger charge is 2.25. The van der Waals surface area contributed by atoms with E-state index in [-0.39, 0.29) is 18.6 Å². The van der Waals surface area contributed by atoms with E-state index in [1.165, 1.54) is 0 Å². The molecular weight excluding hydrogens is 170 g/mol. The van der Waals surface area contributed by atoms with Gasteiger partial charge in [0.2, 0.25) is 0 Å². The van der Waals surface area contributed by atoms with Gasteiger partial charge >= 0.3 is 0 Å². The molecule has 4 heteroatoms. The van der Waals surface area contributed by atoms with Crippen LogP contribution in [0.15, 0.2) is 0 Å². The van der Waals surface area contributed by atoms with Gasteiger partial charge in [-0.2, -0.15) is 5.26 Å². The fourth-order valence-electron chi connectivity index (χ4n) is 1.35. The summed E-state index contributed by atoms with van der Waals surface area (Å²) in [6, 6.07) is 2.12. The molecule has 1 rings (SSSR count). The normalized spacial score (nSPS) is 24.2. The first kappa shape index (κ1) is 10.5. The van der Waals surface area contributed by atoms with Crippen LogP contribution >= 0.6 is 0 Å². The fourth-order valence-corrected chi connectivity index (χ4v) is 1.35. The first-order chi connectivity index (χ1) is 6.38. The van der Waals surface area contributed by atoms with Crippen molar-refractivity contribution in [3.63, 3.8) is 0 Å². The number of hydrogen-bond donors (Lipinski definition) is 1. The van der Waals surface area contributed by atoms with Crippen molar-refractivity contribution in [1.29, 1.82) is 5.26 Å². The van der Waals surface area contributed by atoms with E-state index in [9.17, 15) is 0 Å². The van der Waals surface area contributed by atoms with Crippen LogP contribution in [0.2, 0.25) is 0 Å². The monoisotopic (exact) mass is 185 g/mol. The van der Waals surface area contributed by atoms with Crippen LogP contribution < -0.4 is 0 Å². The topological polar surface area (TPSA) is 62.5 Å². The second-order valence-electron chi connectivity index (χ2n) is 3.12. The van der Waals surface area contributed by atoms with Crippen molar-refractivity contribution in [3.8, 4) is 6.07 Å². The van der Waals surface area contributed by atoms with Crippen molar-refractivity contribution < 1.29 is 14.6 Å². The second kappa shape index (κ2) is 5.92. The summed E-state index contributed by atoms with van der Waals surface area (Å²) in [6.45, 7) is 1.91. The van der Waals surface area contributed by atoms with Crippen LogP contribution in [0.1, 0.15) is 12.8 Å². The van der Waals surface area contributed by atoms with Crippen molar-refractivity contribution in [3.05, 3.63) is 0 Å². The van der Waals surface area contributed by atoms with Crippen LogP contribution in [0.3, 0.4) is 0 Å². The van der Waals surface area contributed by atoms with Crippen molar-refractivity contribution in [2.75, 3.05) is 26.4 Å². The number of aliphatic hydroxyl groups is 1. The molecule has 13 heavy (non-hydrogen) atoms. The lowest BCUT2D eigenvalue weighted by Gasteiger charge is -2.15. The van der Waals surface area contributed by atoms with Crippen LogP contribution in [-0.2, 0) is 9.47 Å². The molecule has 2 atom stereocenters. The van der Waals surface area contributed by atoms with Gasteiger partial charge in [0, 0.05) is 19.1 Å². The van der Waals surface area contributed by atoms with E-state index in [2.05, 4.69) is 6.07 Å². The quantitative estimate of drug-likeness (QED) is 0.626. The molecule has 0 spiro atoms. The molecule has 1 saturated heterocycles. The van der Waals surface area contributed by atoms with Crippen molar-refractivity contribution in [1.82, 2.24) is 0 Å². The third-order valence-corrected chi connectivity index (χ3v) is 2.12. The molecule has 74 valence electrons. The van der Waals surface area contributed by atoms with Gasteiger partial charge in [0.15, 0.2) is 0 Å². The molecule has 0 saturated carbocycles. The molecule has 1 aliphatic heterocycles. The Labute approximate surface area is 78.1 Å². The van der Waals surface area contributed by atoms with Crippen LogP contribution in [0.5, 0.6) is 0 Å². The van der Waals surface area contributed by atoms with Crippen molar-refractivity contribution in [2.24, 2.45) is 5.92 Å². The molecule has 0 bridgehead atoms. The zero-order valence-electron chi connectivity index (χ0n) is 7.61. The van der Waals surface area contributed by atoms with E-state index in [4.69, 9.17) is 19.8 Å². The third kappa shape index (κ3) is 3.31. The molecule has 4 nitrogen and oxygen atoms in total.